The van der Waals surface area contributed by atoms with Crippen LogP contribution in [-0.4, -0.2) is 37.4 Å². The summed E-state index contributed by atoms with van der Waals surface area (Å²) in [6, 6.07) is 10.1. The molecule has 0 aliphatic rings. The van der Waals surface area contributed by atoms with Crippen LogP contribution in [0.25, 0.3) is 16.1 Å². The zero-order valence-corrected chi connectivity index (χ0v) is 19.1. The Kier molecular flexibility index (Phi) is 6.82. The Morgan fingerprint density at radius 3 is 2.65 bits per heavy atom. The van der Waals surface area contributed by atoms with Crippen molar-refractivity contribution in [2.24, 2.45) is 5.92 Å². The van der Waals surface area contributed by atoms with E-state index in [1.54, 1.807) is 29.1 Å². The number of carboxylic acids is 1. The summed E-state index contributed by atoms with van der Waals surface area (Å²) in [7, 11) is 0. The fraction of sp³-hybridized carbons (Fsp3) is 0.217. The van der Waals surface area contributed by atoms with E-state index in [0.717, 1.165) is 10.6 Å². The van der Waals surface area contributed by atoms with Crippen molar-refractivity contribution in [1.29, 1.82) is 0 Å². The molecule has 0 saturated carbocycles. The third-order valence-corrected chi connectivity index (χ3v) is 5.66. The second-order valence-electron chi connectivity index (χ2n) is 7.79. The molecule has 176 valence electrons. The van der Waals surface area contributed by atoms with Crippen LogP contribution in [-0.2, 0) is 6.42 Å². The Morgan fingerprint density at radius 2 is 2.03 bits per heavy atom. The number of aromatic carboxylic acids is 1. The van der Waals surface area contributed by atoms with Crippen LogP contribution in [0, 0.1) is 5.92 Å². The molecule has 34 heavy (non-hydrogen) atoms. The van der Waals surface area contributed by atoms with Crippen LogP contribution in [0.4, 0.5) is 20.4 Å². The third kappa shape index (κ3) is 5.37. The third-order valence-electron chi connectivity index (χ3n) is 4.75. The summed E-state index contributed by atoms with van der Waals surface area (Å²) < 4.78 is 30.8. The molecule has 4 rings (SSSR count). The van der Waals surface area contributed by atoms with Gasteiger partial charge in [-0.3, -0.25) is 0 Å². The van der Waals surface area contributed by atoms with Crippen molar-refractivity contribution in [3.63, 3.8) is 0 Å². The second-order valence-corrected chi connectivity index (χ2v) is 8.74. The van der Waals surface area contributed by atoms with Crippen molar-refractivity contribution < 1.29 is 23.4 Å². The summed E-state index contributed by atoms with van der Waals surface area (Å²) in [5.41, 5.74) is 2.10. The van der Waals surface area contributed by atoms with Crippen molar-refractivity contribution in [2.45, 2.75) is 26.9 Å². The molecule has 8 nitrogen and oxygen atoms in total. The standard InChI is InChI=1S/C23H21F2N5O3S/c1-13(2)8-16-10-19(29-30(16)15-5-6-20(26-12-15)33-23(24)25)28-21-17(22(31)32)9-14(11-27-21)18-4-3-7-34-18/h3-7,9-13,23H,8H2,1-2H3,(H,31,32)(H,27,28,29). The fourth-order valence-electron chi connectivity index (χ4n) is 3.35. The van der Waals surface area contributed by atoms with Crippen LogP contribution in [0.2, 0.25) is 0 Å². The maximum absolute atomic E-state index is 12.4. The molecule has 0 bridgehead atoms. The van der Waals surface area contributed by atoms with Gasteiger partial charge >= 0.3 is 12.6 Å². The quantitative estimate of drug-likeness (QED) is 0.317. The summed E-state index contributed by atoms with van der Waals surface area (Å²) in [6.07, 6.45) is 3.66. The first-order chi connectivity index (χ1) is 16.3. The van der Waals surface area contributed by atoms with Crippen LogP contribution in [0.1, 0.15) is 29.9 Å². The van der Waals surface area contributed by atoms with Crippen molar-refractivity contribution in [3.05, 3.63) is 65.4 Å². The smallest absolute Gasteiger partial charge is 0.388 e. The molecule has 0 aromatic carbocycles. The van der Waals surface area contributed by atoms with Crippen LogP contribution < -0.4 is 10.1 Å². The van der Waals surface area contributed by atoms with E-state index in [1.807, 2.05) is 17.5 Å². The van der Waals surface area contributed by atoms with Crippen LogP contribution in [0.5, 0.6) is 5.88 Å². The monoisotopic (exact) mass is 485 g/mol. The number of hydrogen-bond acceptors (Lipinski definition) is 7. The van der Waals surface area contributed by atoms with Gasteiger partial charge in [-0.15, -0.1) is 16.4 Å². The van der Waals surface area contributed by atoms with E-state index in [0.29, 0.717) is 29.4 Å². The van der Waals surface area contributed by atoms with E-state index >= 15 is 0 Å². The minimum Gasteiger partial charge on any atom is -0.478 e. The zero-order valence-electron chi connectivity index (χ0n) is 18.3. The molecule has 0 radical (unpaired) electrons. The molecule has 2 N–H and O–H groups in total. The number of thiophene rings is 1. The predicted octanol–water partition coefficient (Wildman–Crippen LogP) is 5.63. The van der Waals surface area contributed by atoms with E-state index in [4.69, 9.17) is 0 Å². The van der Waals surface area contributed by atoms with Crippen molar-refractivity contribution in [1.82, 2.24) is 19.7 Å². The number of ether oxygens (including phenoxy) is 1. The molecule has 0 saturated heterocycles. The lowest BCUT2D eigenvalue weighted by atomic mass is 10.1. The molecule has 4 aromatic rings. The number of alkyl halides is 2. The minimum absolute atomic E-state index is 0.0148. The average Bonchev–Trinajstić information content (AvgIpc) is 3.44. The highest BCUT2D eigenvalue weighted by molar-refractivity contribution is 7.13. The number of rotatable bonds is 9. The maximum atomic E-state index is 12.4. The van der Waals surface area contributed by atoms with Gasteiger partial charge in [0.25, 0.3) is 0 Å². The summed E-state index contributed by atoms with van der Waals surface area (Å²) in [5, 5.41) is 19.2. The zero-order chi connectivity index (χ0) is 24.2. The highest BCUT2D eigenvalue weighted by Crippen LogP contribution is 2.29. The fourth-order valence-corrected chi connectivity index (χ4v) is 4.06. The van der Waals surface area contributed by atoms with Crippen molar-refractivity contribution in [3.8, 4) is 22.0 Å². The Bertz CT molecular complexity index is 1270. The number of nitrogens with one attached hydrogen (secondary N) is 1. The first-order valence-corrected chi connectivity index (χ1v) is 11.2. The largest absolute Gasteiger partial charge is 0.478 e. The highest BCUT2D eigenvalue weighted by Gasteiger charge is 2.18. The summed E-state index contributed by atoms with van der Waals surface area (Å²) >= 11 is 1.49. The van der Waals surface area contributed by atoms with Crippen LogP contribution in [0.3, 0.4) is 0 Å². The number of aromatic nitrogens is 4. The topological polar surface area (TPSA) is 102 Å². The number of hydrogen-bond donors (Lipinski definition) is 2. The van der Waals surface area contributed by atoms with Gasteiger partial charge in [0.15, 0.2) is 5.82 Å². The van der Waals surface area contributed by atoms with Gasteiger partial charge in [0.1, 0.15) is 11.4 Å². The Hall–Kier alpha value is -3.86. The molecule has 4 heterocycles. The first-order valence-electron chi connectivity index (χ1n) is 10.3. The van der Waals surface area contributed by atoms with E-state index < -0.39 is 12.6 Å². The normalized spacial score (nSPS) is 11.2. The Balaban J connectivity index is 1.66. The van der Waals surface area contributed by atoms with Gasteiger partial charge in [-0.05, 0) is 35.9 Å². The molecular weight excluding hydrogens is 464 g/mol. The number of anilines is 2. The summed E-state index contributed by atoms with van der Waals surface area (Å²) in [6.45, 7) is 1.14. The number of halogens is 2. The first kappa shape index (κ1) is 23.3. The molecule has 0 aliphatic carbocycles. The Morgan fingerprint density at radius 1 is 1.21 bits per heavy atom. The molecule has 0 amide bonds. The number of carboxylic acid groups (broad SMARTS) is 1. The highest BCUT2D eigenvalue weighted by atomic mass is 32.1. The van der Waals surface area contributed by atoms with Gasteiger partial charge in [0, 0.05) is 34.5 Å². The van der Waals surface area contributed by atoms with Gasteiger partial charge in [-0.1, -0.05) is 19.9 Å². The van der Waals surface area contributed by atoms with Gasteiger partial charge < -0.3 is 15.2 Å². The molecule has 0 fully saturated rings. The summed E-state index contributed by atoms with van der Waals surface area (Å²) in [5.74, 6) is -0.463. The lowest BCUT2D eigenvalue weighted by molar-refractivity contribution is -0.0528. The van der Waals surface area contributed by atoms with Gasteiger partial charge in [-0.2, -0.15) is 8.78 Å². The number of nitrogens with zero attached hydrogens (tertiary/aromatic N) is 4. The molecule has 11 heteroatoms. The van der Waals surface area contributed by atoms with Crippen LogP contribution >= 0.6 is 11.3 Å². The SMILES string of the molecule is CC(C)Cc1cc(Nc2ncc(-c3cccs3)cc2C(=O)O)nn1-c1ccc(OC(F)F)nc1. The second kappa shape index (κ2) is 9.96. The molecule has 0 atom stereocenters. The van der Waals surface area contributed by atoms with E-state index in [1.165, 1.54) is 23.6 Å². The van der Waals surface area contributed by atoms with Gasteiger partial charge in [-0.25, -0.2) is 19.4 Å². The lowest BCUT2D eigenvalue weighted by Gasteiger charge is -2.10. The minimum atomic E-state index is -2.96. The van der Waals surface area contributed by atoms with Crippen molar-refractivity contribution >= 4 is 28.9 Å². The molecule has 0 aliphatic heterocycles. The van der Waals surface area contributed by atoms with Crippen molar-refractivity contribution in [2.75, 3.05) is 5.32 Å². The Labute approximate surface area is 197 Å². The molecular formula is C23H21F2N5O3S. The number of carbonyl (C=O) groups is 1. The lowest BCUT2D eigenvalue weighted by Crippen LogP contribution is -2.08. The number of pyridine rings is 2. The van der Waals surface area contributed by atoms with Gasteiger partial charge in [0.2, 0.25) is 5.88 Å². The average molecular weight is 486 g/mol. The molecule has 4 aromatic heterocycles. The van der Waals surface area contributed by atoms with E-state index in [2.05, 4.69) is 39.0 Å². The molecule has 0 unspecified atom stereocenters. The van der Waals surface area contributed by atoms with E-state index in [-0.39, 0.29) is 17.3 Å². The van der Waals surface area contributed by atoms with Gasteiger partial charge in [0.05, 0.1) is 11.9 Å². The molecule has 0 spiro atoms. The predicted molar refractivity (Wildman–Crippen MR) is 124 cm³/mol. The summed E-state index contributed by atoms with van der Waals surface area (Å²) in [4.78, 5) is 21.1. The van der Waals surface area contributed by atoms with E-state index in [9.17, 15) is 18.7 Å². The van der Waals surface area contributed by atoms with Crippen LogP contribution in [0.15, 0.2) is 54.2 Å². The maximum Gasteiger partial charge on any atom is 0.388 e.